The molecule has 1 fully saturated rings. The van der Waals surface area contributed by atoms with Crippen LogP contribution in [-0.2, 0) is 0 Å². The number of hydrogen-bond donors (Lipinski definition) is 0. The van der Waals surface area contributed by atoms with Crippen LogP contribution in [0.4, 0.5) is 5.69 Å². The summed E-state index contributed by atoms with van der Waals surface area (Å²) in [7, 11) is 0. The summed E-state index contributed by atoms with van der Waals surface area (Å²) >= 11 is 0. The molecule has 0 spiro atoms. The third-order valence-electron chi connectivity index (χ3n) is 5.47. The largest absolute Gasteiger partial charge is 0.368 e. The molecule has 0 saturated carbocycles. The Hall–Kier alpha value is -3.60. The minimum Gasteiger partial charge on any atom is -0.368 e. The molecule has 5 rings (SSSR count). The van der Waals surface area contributed by atoms with Gasteiger partial charge in [0.2, 0.25) is 0 Å². The summed E-state index contributed by atoms with van der Waals surface area (Å²) in [5.41, 5.74) is 4.75. The summed E-state index contributed by atoms with van der Waals surface area (Å²) in [5.74, 6) is 0.00247. The molecule has 0 aliphatic carbocycles. The zero-order chi connectivity index (χ0) is 19.6. The Labute approximate surface area is 169 Å². The molecule has 4 aromatic rings. The Morgan fingerprint density at radius 3 is 2.14 bits per heavy atom. The van der Waals surface area contributed by atoms with Gasteiger partial charge in [-0.2, -0.15) is 0 Å². The first kappa shape index (κ1) is 17.5. The number of carbonyl (C=O) groups excluding carboxylic acids is 1. The number of piperazine rings is 1. The number of nitrogens with zero attached hydrogens (tertiary/aromatic N) is 4. The summed E-state index contributed by atoms with van der Waals surface area (Å²) in [5, 5.41) is 0. The molecule has 5 heteroatoms. The van der Waals surface area contributed by atoms with Gasteiger partial charge in [-0.05, 0) is 35.4 Å². The average molecular weight is 382 g/mol. The Morgan fingerprint density at radius 1 is 0.724 bits per heavy atom. The molecule has 2 aromatic heterocycles. The van der Waals surface area contributed by atoms with E-state index in [1.54, 1.807) is 0 Å². The van der Waals surface area contributed by atoms with Crippen LogP contribution < -0.4 is 4.90 Å². The summed E-state index contributed by atoms with van der Waals surface area (Å²) in [6.45, 7) is 3.08. The van der Waals surface area contributed by atoms with Crippen molar-refractivity contribution in [2.45, 2.75) is 0 Å². The van der Waals surface area contributed by atoms with Crippen LogP contribution in [-0.4, -0.2) is 46.4 Å². The van der Waals surface area contributed by atoms with Crippen molar-refractivity contribution in [1.29, 1.82) is 0 Å². The Kier molecular flexibility index (Phi) is 4.48. The van der Waals surface area contributed by atoms with Gasteiger partial charge in [-0.3, -0.25) is 4.79 Å². The predicted molar refractivity (Wildman–Crippen MR) is 115 cm³/mol. The van der Waals surface area contributed by atoms with E-state index in [2.05, 4.69) is 34.1 Å². The van der Waals surface area contributed by atoms with E-state index < -0.39 is 0 Å². The maximum absolute atomic E-state index is 13.0. The van der Waals surface area contributed by atoms with E-state index in [0.29, 0.717) is 18.8 Å². The quantitative estimate of drug-likeness (QED) is 0.538. The number of amides is 1. The molecule has 1 saturated heterocycles. The van der Waals surface area contributed by atoms with Gasteiger partial charge in [0.15, 0.2) is 0 Å². The Morgan fingerprint density at radius 2 is 1.41 bits per heavy atom. The molecule has 5 nitrogen and oxygen atoms in total. The summed E-state index contributed by atoms with van der Waals surface area (Å²) in [6, 6.07) is 24.6. The fraction of sp³-hybridized carbons (Fsp3) is 0.167. The van der Waals surface area contributed by atoms with E-state index in [1.807, 2.05) is 70.2 Å². The van der Waals surface area contributed by atoms with E-state index >= 15 is 0 Å². The van der Waals surface area contributed by atoms with Crippen molar-refractivity contribution in [2.24, 2.45) is 0 Å². The Balaban J connectivity index is 1.32. The van der Waals surface area contributed by atoms with Crippen LogP contribution in [0.5, 0.6) is 0 Å². The number of fused-ring (bicyclic) bond motifs is 1. The molecule has 0 radical (unpaired) electrons. The number of hydrogen-bond acceptors (Lipinski definition) is 3. The third-order valence-corrected chi connectivity index (χ3v) is 5.47. The number of aromatic nitrogens is 2. The molecule has 1 aliphatic heterocycles. The number of para-hydroxylation sites is 1. The molecule has 0 unspecified atom stereocenters. The molecule has 1 aliphatic rings. The number of benzene rings is 2. The van der Waals surface area contributed by atoms with Gasteiger partial charge in [-0.15, -0.1) is 0 Å². The highest BCUT2D eigenvalue weighted by Gasteiger charge is 2.24. The lowest BCUT2D eigenvalue weighted by Crippen LogP contribution is -2.48. The minimum atomic E-state index is 0.00247. The summed E-state index contributed by atoms with van der Waals surface area (Å²) < 4.78 is 1.94. The molecule has 2 aromatic carbocycles. The van der Waals surface area contributed by atoms with E-state index in [0.717, 1.165) is 29.9 Å². The maximum atomic E-state index is 13.0. The molecule has 144 valence electrons. The van der Waals surface area contributed by atoms with Gasteiger partial charge in [0, 0.05) is 44.3 Å². The van der Waals surface area contributed by atoms with Crippen LogP contribution in [0.25, 0.3) is 16.8 Å². The molecular weight excluding hydrogens is 360 g/mol. The van der Waals surface area contributed by atoms with Gasteiger partial charge in [-0.1, -0.05) is 48.5 Å². The van der Waals surface area contributed by atoms with Crippen molar-refractivity contribution in [1.82, 2.24) is 14.3 Å². The molecule has 1 amide bonds. The van der Waals surface area contributed by atoms with Crippen LogP contribution in [0.2, 0.25) is 0 Å². The van der Waals surface area contributed by atoms with Crippen LogP contribution in [0.3, 0.4) is 0 Å². The molecular formula is C24H22N4O. The fourth-order valence-corrected chi connectivity index (χ4v) is 3.86. The Bertz CT molecular complexity index is 1130. The highest BCUT2D eigenvalue weighted by Crippen LogP contribution is 2.21. The number of imidazole rings is 1. The molecule has 0 bridgehead atoms. The lowest BCUT2D eigenvalue weighted by Gasteiger charge is -2.35. The smallest absolute Gasteiger partial charge is 0.274 e. The van der Waals surface area contributed by atoms with Crippen molar-refractivity contribution in [3.8, 4) is 11.1 Å². The topological polar surface area (TPSA) is 40.9 Å². The third kappa shape index (κ3) is 3.47. The second-order valence-corrected chi connectivity index (χ2v) is 7.29. The highest BCUT2D eigenvalue weighted by molar-refractivity contribution is 5.93. The zero-order valence-electron chi connectivity index (χ0n) is 16.1. The molecule has 29 heavy (non-hydrogen) atoms. The lowest BCUT2D eigenvalue weighted by molar-refractivity contribution is 0.0741. The van der Waals surface area contributed by atoms with E-state index in [9.17, 15) is 4.79 Å². The average Bonchev–Trinajstić information content (AvgIpc) is 3.23. The van der Waals surface area contributed by atoms with Crippen molar-refractivity contribution in [2.75, 3.05) is 31.1 Å². The SMILES string of the molecule is O=C(c1cn2cc(-c3ccccc3)ccc2n1)N1CCN(c2ccccc2)CC1. The molecule has 0 N–H and O–H groups in total. The predicted octanol–water partition coefficient (Wildman–Crippen LogP) is 3.96. The summed E-state index contributed by atoms with van der Waals surface area (Å²) in [4.78, 5) is 21.8. The number of rotatable bonds is 3. The van der Waals surface area contributed by atoms with Gasteiger partial charge in [0.1, 0.15) is 11.3 Å². The van der Waals surface area contributed by atoms with Crippen LogP contribution in [0, 0.1) is 0 Å². The lowest BCUT2D eigenvalue weighted by atomic mass is 10.1. The van der Waals surface area contributed by atoms with Crippen LogP contribution in [0.15, 0.2) is 85.2 Å². The molecule has 0 atom stereocenters. The van der Waals surface area contributed by atoms with Gasteiger partial charge in [0.05, 0.1) is 0 Å². The van der Waals surface area contributed by atoms with Crippen LogP contribution >= 0.6 is 0 Å². The standard InChI is InChI=1S/C24H22N4O/c29-24(27-15-13-26(14-16-27)21-9-5-2-6-10-21)22-18-28-17-20(11-12-23(28)25-22)19-7-3-1-4-8-19/h1-12,17-18H,13-16H2. The normalized spacial score (nSPS) is 14.3. The first-order valence-corrected chi connectivity index (χ1v) is 9.91. The number of anilines is 1. The monoisotopic (exact) mass is 382 g/mol. The van der Waals surface area contributed by atoms with E-state index in [4.69, 9.17) is 0 Å². The second-order valence-electron chi connectivity index (χ2n) is 7.29. The maximum Gasteiger partial charge on any atom is 0.274 e. The van der Waals surface area contributed by atoms with Crippen molar-refractivity contribution in [3.63, 3.8) is 0 Å². The van der Waals surface area contributed by atoms with Crippen molar-refractivity contribution < 1.29 is 4.79 Å². The first-order chi connectivity index (χ1) is 14.3. The van der Waals surface area contributed by atoms with Gasteiger partial charge in [0.25, 0.3) is 5.91 Å². The fourth-order valence-electron chi connectivity index (χ4n) is 3.86. The van der Waals surface area contributed by atoms with E-state index in [1.165, 1.54) is 5.69 Å². The van der Waals surface area contributed by atoms with Crippen LogP contribution in [0.1, 0.15) is 10.5 Å². The zero-order valence-corrected chi connectivity index (χ0v) is 16.1. The van der Waals surface area contributed by atoms with Gasteiger partial charge >= 0.3 is 0 Å². The van der Waals surface area contributed by atoms with Crippen molar-refractivity contribution in [3.05, 3.63) is 90.9 Å². The first-order valence-electron chi connectivity index (χ1n) is 9.91. The second kappa shape index (κ2) is 7.43. The van der Waals surface area contributed by atoms with Crippen molar-refractivity contribution >= 4 is 17.2 Å². The van der Waals surface area contributed by atoms with Gasteiger partial charge in [-0.25, -0.2) is 4.98 Å². The van der Waals surface area contributed by atoms with E-state index in [-0.39, 0.29) is 5.91 Å². The summed E-state index contributed by atoms with van der Waals surface area (Å²) in [6.07, 6.45) is 3.87. The minimum absolute atomic E-state index is 0.00247. The van der Waals surface area contributed by atoms with Gasteiger partial charge < -0.3 is 14.2 Å². The number of pyridine rings is 1. The molecule has 3 heterocycles. The highest BCUT2D eigenvalue weighted by atomic mass is 16.2. The number of carbonyl (C=O) groups is 1.